The number of halogens is 1. The van der Waals surface area contributed by atoms with Gasteiger partial charge in [0.15, 0.2) is 0 Å². The summed E-state index contributed by atoms with van der Waals surface area (Å²) in [5.74, 6) is 0.114. The molecule has 0 aromatic heterocycles. The summed E-state index contributed by atoms with van der Waals surface area (Å²) >= 11 is 3.42. The smallest absolute Gasteiger partial charge is 0.254 e. The summed E-state index contributed by atoms with van der Waals surface area (Å²) < 4.78 is 0.943. The van der Waals surface area contributed by atoms with Crippen LogP contribution in [-0.4, -0.2) is 17.4 Å². The summed E-state index contributed by atoms with van der Waals surface area (Å²) in [4.78, 5) is 14.6. The molecule has 1 aliphatic rings. The standard InChI is InChI=1S/C17H16BrNO/c18-16-9-3-7-14(11-16)17(20)19-10-4-8-13-5-1-2-6-15(13)12-19/h1-3,5-7,9,11H,4,8,10,12H2. The highest BCUT2D eigenvalue weighted by Crippen LogP contribution is 2.21. The molecule has 1 heterocycles. The van der Waals surface area contributed by atoms with Gasteiger partial charge in [0, 0.05) is 23.1 Å². The normalized spacial score (nSPS) is 14.6. The average molecular weight is 330 g/mol. The van der Waals surface area contributed by atoms with E-state index in [1.54, 1.807) is 0 Å². The zero-order valence-corrected chi connectivity index (χ0v) is 12.8. The van der Waals surface area contributed by atoms with Crippen molar-refractivity contribution in [2.75, 3.05) is 6.54 Å². The monoisotopic (exact) mass is 329 g/mol. The van der Waals surface area contributed by atoms with E-state index in [0.717, 1.165) is 29.4 Å². The quantitative estimate of drug-likeness (QED) is 0.773. The van der Waals surface area contributed by atoms with E-state index in [0.29, 0.717) is 6.54 Å². The van der Waals surface area contributed by atoms with Crippen LogP contribution in [-0.2, 0) is 13.0 Å². The van der Waals surface area contributed by atoms with E-state index >= 15 is 0 Å². The van der Waals surface area contributed by atoms with Crippen molar-refractivity contribution in [3.8, 4) is 0 Å². The third-order valence-electron chi connectivity index (χ3n) is 3.71. The van der Waals surface area contributed by atoms with E-state index in [9.17, 15) is 4.79 Å². The molecule has 0 unspecified atom stereocenters. The van der Waals surface area contributed by atoms with Crippen LogP contribution in [0.15, 0.2) is 53.0 Å². The van der Waals surface area contributed by atoms with Crippen molar-refractivity contribution in [3.05, 3.63) is 69.7 Å². The van der Waals surface area contributed by atoms with Crippen LogP contribution in [0.4, 0.5) is 0 Å². The number of carbonyl (C=O) groups excluding carboxylic acids is 1. The Morgan fingerprint density at radius 2 is 1.85 bits per heavy atom. The van der Waals surface area contributed by atoms with Crippen LogP contribution in [0.1, 0.15) is 27.9 Å². The summed E-state index contributed by atoms with van der Waals surface area (Å²) in [5.41, 5.74) is 3.39. The molecule has 0 radical (unpaired) electrons. The Morgan fingerprint density at radius 3 is 2.65 bits per heavy atom. The molecule has 3 heteroatoms. The van der Waals surface area contributed by atoms with Gasteiger partial charge < -0.3 is 4.90 Å². The molecular weight excluding hydrogens is 314 g/mol. The summed E-state index contributed by atoms with van der Waals surface area (Å²) in [5, 5.41) is 0. The van der Waals surface area contributed by atoms with Gasteiger partial charge in [-0.15, -0.1) is 0 Å². The zero-order chi connectivity index (χ0) is 13.9. The SMILES string of the molecule is O=C(c1cccc(Br)c1)N1CCCc2ccccc2C1. The maximum absolute atomic E-state index is 12.6. The van der Waals surface area contributed by atoms with E-state index in [-0.39, 0.29) is 5.91 Å². The van der Waals surface area contributed by atoms with Gasteiger partial charge in [-0.05, 0) is 42.2 Å². The summed E-state index contributed by atoms with van der Waals surface area (Å²) in [7, 11) is 0. The predicted molar refractivity (Wildman–Crippen MR) is 83.6 cm³/mol. The lowest BCUT2D eigenvalue weighted by atomic mass is 10.0. The third-order valence-corrected chi connectivity index (χ3v) is 4.21. The number of fused-ring (bicyclic) bond motifs is 1. The van der Waals surface area contributed by atoms with E-state index in [1.807, 2.05) is 35.2 Å². The molecule has 0 bridgehead atoms. The Hall–Kier alpha value is -1.61. The second-order valence-electron chi connectivity index (χ2n) is 5.11. The molecular formula is C17H16BrNO. The lowest BCUT2D eigenvalue weighted by molar-refractivity contribution is 0.0746. The van der Waals surface area contributed by atoms with E-state index in [2.05, 4.69) is 34.1 Å². The molecule has 0 saturated carbocycles. The predicted octanol–water partition coefficient (Wildman–Crippen LogP) is 4.04. The number of hydrogen-bond donors (Lipinski definition) is 0. The van der Waals surface area contributed by atoms with Crippen molar-refractivity contribution >= 4 is 21.8 Å². The largest absolute Gasteiger partial charge is 0.334 e. The van der Waals surface area contributed by atoms with Crippen LogP contribution in [0, 0.1) is 0 Å². The second kappa shape index (κ2) is 5.80. The second-order valence-corrected chi connectivity index (χ2v) is 6.02. The molecule has 2 aromatic carbocycles. The third kappa shape index (κ3) is 2.78. The van der Waals surface area contributed by atoms with Gasteiger partial charge in [0.05, 0.1) is 0 Å². The highest BCUT2D eigenvalue weighted by Gasteiger charge is 2.19. The molecule has 0 spiro atoms. The maximum Gasteiger partial charge on any atom is 0.254 e. The molecule has 102 valence electrons. The van der Waals surface area contributed by atoms with E-state index in [1.165, 1.54) is 11.1 Å². The van der Waals surface area contributed by atoms with Crippen LogP contribution in [0.25, 0.3) is 0 Å². The van der Waals surface area contributed by atoms with Gasteiger partial charge in [0.2, 0.25) is 0 Å². The van der Waals surface area contributed by atoms with Gasteiger partial charge in [-0.25, -0.2) is 0 Å². The Kier molecular flexibility index (Phi) is 3.88. The highest BCUT2D eigenvalue weighted by atomic mass is 79.9. The van der Waals surface area contributed by atoms with Gasteiger partial charge >= 0.3 is 0 Å². The minimum absolute atomic E-state index is 0.114. The van der Waals surface area contributed by atoms with Crippen molar-refractivity contribution in [1.29, 1.82) is 0 Å². The Bertz CT molecular complexity index is 638. The van der Waals surface area contributed by atoms with Crippen molar-refractivity contribution in [1.82, 2.24) is 4.90 Å². The lowest BCUT2D eigenvalue weighted by Crippen LogP contribution is -2.30. The summed E-state index contributed by atoms with van der Waals surface area (Å²) in [6.45, 7) is 1.53. The fraction of sp³-hybridized carbons (Fsp3) is 0.235. The van der Waals surface area contributed by atoms with E-state index < -0.39 is 0 Å². The molecule has 20 heavy (non-hydrogen) atoms. The number of nitrogens with zero attached hydrogens (tertiary/aromatic N) is 1. The number of rotatable bonds is 1. The Labute approximate surface area is 127 Å². The van der Waals surface area contributed by atoms with Crippen LogP contribution in [0.5, 0.6) is 0 Å². The summed E-state index contributed by atoms with van der Waals surface area (Å²) in [6.07, 6.45) is 2.08. The number of benzene rings is 2. The van der Waals surface area contributed by atoms with Crippen molar-refractivity contribution in [2.24, 2.45) is 0 Å². The van der Waals surface area contributed by atoms with Gasteiger partial charge in [0.25, 0.3) is 5.91 Å². The number of amides is 1. The Morgan fingerprint density at radius 1 is 1.05 bits per heavy atom. The number of hydrogen-bond acceptors (Lipinski definition) is 1. The molecule has 1 amide bonds. The number of carbonyl (C=O) groups is 1. The fourth-order valence-electron chi connectivity index (χ4n) is 2.68. The molecule has 0 fully saturated rings. The van der Waals surface area contributed by atoms with Gasteiger partial charge in [-0.3, -0.25) is 4.79 Å². The lowest BCUT2D eigenvalue weighted by Gasteiger charge is -2.21. The van der Waals surface area contributed by atoms with Crippen LogP contribution in [0.2, 0.25) is 0 Å². The van der Waals surface area contributed by atoms with Crippen LogP contribution in [0.3, 0.4) is 0 Å². The van der Waals surface area contributed by atoms with Crippen molar-refractivity contribution in [3.63, 3.8) is 0 Å². The highest BCUT2D eigenvalue weighted by molar-refractivity contribution is 9.10. The average Bonchev–Trinajstić information content (AvgIpc) is 2.68. The van der Waals surface area contributed by atoms with Gasteiger partial charge in [-0.1, -0.05) is 46.3 Å². The van der Waals surface area contributed by atoms with Gasteiger partial charge in [0.1, 0.15) is 0 Å². The minimum Gasteiger partial charge on any atom is -0.334 e. The first-order valence-corrected chi connectivity index (χ1v) is 7.65. The fourth-order valence-corrected chi connectivity index (χ4v) is 3.08. The van der Waals surface area contributed by atoms with Crippen molar-refractivity contribution in [2.45, 2.75) is 19.4 Å². The number of aryl methyl sites for hydroxylation is 1. The zero-order valence-electron chi connectivity index (χ0n) is 11.2. The first-order chi connectivity index (χ1) is 9.74. The van der Waals surface area contributed by atoms with Gasteiger partial charge in [-0.2, -0.15) is 0 Å². The van der Waals surface area contributed by atoms with Crippen molar-refractivity contribution < 1.29 is 4.79 Å². The molecule has 2 aromatic rings. The van der Waals surface area contributed by atoms with Crippen LogP contribution < -0.4 is 0 Å². The first-order valence-electron chi connectivity index (χ1n) is 6.85. The molecule has 2 nitrogen and oxygen atoms in total. The summed E-state index contributed by atoms with van der Waals surface area (Å²) in [6, 6.07) is 16.0. The topological polar surface area (TPSA) is 20.3 Å². The molecule has 0 atom stereocenters. The minimum atomic E-state index is 0.114. The van der Waals surface area contributed by atoms with E-state index in [4.69, 9.17) is 0 Å². The maximum atomic E-state index is 12.6. The Balaban J connectivity index is 1.86. The van der Waals surface area contributed by atoms with Crippen LogP contribution >= 0.6 is 15.9 Å². The molecule has 1 aliphatic heterocycles. The molecule has 0 saturated heterocycles. The first kappa shape index (κ1) is 13.4. The molecule has 0 aliphatic carbocycles. The molecule has 3 rings (SSSR count). The molecule has 0 N–H and O–H groups in total.